The van der Waals surface area contributed by atoms with Crippen molar-refractivity contribution < 1.29 is 9.90 Å². The Balaban J connectivity index is 1.67. The Hall–Kier alpha value is -1.42. The minimum atomic E-state index is -0.352. The molecule has 0 bridgehead atoms. The van der Waals surface area contributed by atoms with Crippen LogP contribution >= 0.6 is 0 Å². The lowest BCUT2D eigenvalue weighted by Gasteiger charge is -2.33. The second-order valence-electron chi connectivity index (χ2n) is 6.44. The van der Waals surface area contributed by atoms with Crippen LogP contribution in [0.1, 0.15) is 44.1 Å². The summed E-state index contributed by atoms with van der Waals surface area (Å²) in [5, 5.41) is 10.0. The third-order valence-corrected chi connectivity index (χ3v) is 4.91. The van der Waals surface area contributed by atoms with Gasteiger partial charge in [0.15, 0.2) is 0 Å². The molecular weight excluding hydrogens is 264 g/mol. The van der Waals surface area contributed by atoms with E-state index in [1.807, 2.05) is 17.0 Å². The van der Waals surface area contributed by atoms with Crippen molar-refractivity contribution in [2.45, 2.75) is 57.1 Å². The molecule has 1 aliphatic carbocycles. The topological polar surface area (TPSA) is 53.4 Å². The number of aliphatic hydroxyl groups excluding tert-OH is 1. The van der Waals surface area contributed by atoms with Crippen molar-refractivity contribution in [1.82, 2.24) is 9.88 Å². The van der Waals surface area contributed by atoms with E-state index in [2.05, 4.69) is 4.98 Å². The molecule has 1 N–H and O–H groups in total. The molecule has 2 heterocycles. The third kappa shape index (κ3) is 3.43. The fraction of sp³-hybridized carbons (Fsp3) is 0.647. The molecule has 0 radical (unpaired) electrons. The average molecular weight is 288 g/mol. The Kier molecular flexibility index (Phi) is 4.54. The molecule has 114 valence electrons. The molecule has 21 heavy (non-hydrogen) atoms. The number of amides is 1. The van der Waals surface area contributed by atoms with Gasteiger partial charge in [0.1, 0.15) is 0 Å². The van der Waals surface area contributed by atoms with E-state index in [-0.39, 0.29) is 18.1 Å². The van der Waals surface area contributed by atoms with Gasteiger partial charge in [0.2, 0.25) is 5.91 Å². The monoisotopic (exact) mass is 288 g/mol. The van der Waals surface area contributed by atoms with E-state index in [0.717, 1.165) is 12.0 Å². The average Bonchev–Trinajstić information content (AvgIpc) is 2.91. The maximum atomic E-state index is 12.6. The standard InChI is InChI=1S/C17H24N2O2/c20-15-10-16(14-6-2-1-3-7-14)19(12-15)17(21)9-13-5-4-8-18-11-13/h4-5,8,11,14-16,20H,1-3,6-7,9-10,12H2/t15-,16+/m1/s1. The Morgan fingerprint density at radius 3 is 2.86 bits per heavy atom. The van der Waals surface area contributed by atoms with E-state index in [0.29, 0.717) is 18.9 Å². The van der Waals surface area contributed by atoms with Crippen LogP contribution in [0.25, 0.3) is 0 Å². The number of likely N-dealkylation sites (tertiary alicyclic amines) is 1. The molecule has 3 rings (SSSR count). The van der Waals surface area contributed by atoms with E-state index in [1.54, 1.807) is 12.4 Å². The van der Waals surface area contributed by atoms with E-state index >= 15 is 0 Å². The normalized spacial score (nSPS) is 27.0. The second kappa shape index (κ2) is 6.56. The highest BCUT2D eigenvalue weighted by molar-refractivity contribution is 5.79. The number of rotatable bonds is 3. The lowest BCUT2D eigenvalue weighted by atomic mass is 9.82. The predicted molar refractivity (Wildman–Crippen MR) is 80.6 cm³/mol. The van der Waals surface area contributed by atoms with Crippen LogP contribution in [0.5, 0.6) is 0 Å². The minimum absolute atomic E-state index is 0.134. The summed E-state index contributed by atoms with van der Waals surface area (Å²) in [5.41, 5.74) is 0.950. The van der Waals surface area contributed by atoms with Crippen LogP contribution in [0.15, 0.2) is 24.5 Å². The number of carbonyl (C=O) groups excluding carboxylic acids is 1. The van der Waals surface area contributed by atoms with Crippen molar-refractivity contribution >= 4 is 5.91 Å². The van der Waals surface area contributed by atoms with Crippen molar-refractivity contribution in [3.8, 4) is 0 Å². The number of nitrogens with zero attached hydrogens (tertiary/aromatic N) is 2. The van der Waals surface area contributed by atoms with Gasteiger partial charge in [0.05, 0.1) is 12.5 Å². The van der Waals surface area contributed by atoms with Crippen molar-refractivity contribution in [3.63, 3.8) is 0 Å². The number of aliphatic hydroxyl groups is 1. The van der Waals surface area contributed by atoms with E-state index in [1.165, 1.54) is 32.1 Å². The summed E-state index contributed by atoms with van der Waals surface area (Å²) >= 11 is 0. The van der Waals surface area contributed by atoms with Crippen LogP contribution in [0.3, 0.4) is 0 Å². The molecule has 1 aromatic rings. The molecule has 1 aromatic heterocycles. The highest BCUT2D eigenvalue weighted by Gasteiger charge is 2.38. The van der Waals surface area contributed by atoms with E-state index in [9.17, 15) is 9.90 Å². The fourth-order valence-corrected chi connectivity index (χ4v) is 3.87. The van der Waals surface area contributed by atoms with Gasteiger partial charge in [-0.1, -0.05) is 25.3 Å². The highest BCUT2D eigenvalue weighted by atomic mass is 16.3. The molecule has 1 saturated heterocycles. The van der Waals surface area contributed by atoms with E-state index < -0.39 is 0 Å². The predicted octanol–water partition coefficient (Wildman–Crippen LogP) is 2.17. The van der Waals surface area contributed by atoms with Crippen LogP contribution in [-0.2, 0) is 11.2 Å². The Morgan fingerprint density at radius 2 is 2.14 bits per heavy atom. The number of hydrogen-bond donors (Lipinski definition) is 1. The minimum Gasteiger partial charge on any atom is -0.391 e. The second-order valence-corrected chi connectivity index (χ2v) is 6.44. The zero-order chi connectivity index (χ0) is 14.7. The summed E-state index contributed by atoms with van der Waals surface area (Å²) in [6, 6.07) is 4.04. The Bertz CT molecular complexity index is 471. The Morgan fingerprint density at radius 1 is 1.33 bits per heavy atom. The quantitative estimate of drug-likeness (QED) is 0.927. The number of pyridine rings is 1. The maximum Gasteiger partial charge on any atom is 0.227 e. The largest absolute Gasteiger partial charge is 0.391 e. The summed E-state index contributed by atoms with van der Waals surface area (Å²) in [5.74, 6) is 0.712. The number of hydrogen-bond acceptors (Lipinski definition) is 3. The lowest BCUT2D eigenvalue weighted by molar-refractivity contribution is -0.132. The molecule has 1 amide bonds. The maximum absolute atomic E-state index is 12.6. The number of β-amino-alcohol motifs (C(OH)–C–C–N with tert-alkyl or cyclic N) is 1. The van der Waals surface area contributed by atoms with Crippen LogP contribution in [0.4, 0.5) is 0 Å². The van der Waals surface area contributed by atoms with Crippen LogP contribution in [-0.4, -0.2) is 39.6 Å². The van der Waals surface area contributed by atoms with Gasteiger partial charge >= 0.3 is 0 Å². The van der Waals surface area contributed by atoms with Gasteiger partial charge in [-0.05, 0) is 36.8 Å². The number of carbonyl (C=O) groups is 1. The van der Waals surface area contributed by atoms with E-state index in [4.69, 9.17) is 0 Å². The van der Waals surface area contributed by atoms with Crippen molar-refractivity contribution in [2.75, 3.05) is 6.54 Å². The zero-order valence-electron chi connectivity index (χ0n) is 12.4. The van der Waals surface area contributed by atoms with Gasteiger partial charge < -0.3 is 10.0 Å². The molecule has 0 aromatic carbocycles. The van der Waals surface area contributed by atoms with Gasteiger partial charge in [-0.2, -0.15) is 0 Å². The van der Waals surface area contributed by atoms with Gasteiger partial charge in [0, 0.05) is 25.0 Å². The van der Waals surface area contributed by atoms with Crippen LogP contribution < -0.4 is 0 Å². The molecule has 4 nitrogen and oxygen atoms in total. The van der Waals surface area contributed by atoms with Crippen LogP contribution in [0.2, 0.25) is 0 Å². The first-order valence-electron chi connectivity index (χ1n) is 8.10. The molecular formula is C17H24N2O2. The van der Waals surface area contributed by atoms with Crippen LogP contribution in [0, 0.1) is 5.92 Å². The first kappa shape index (κ1) is 14.5. The highest BCUT2D eigenvalue weighted by Crippen LogP contribution is 2.34. The molecule has 2 aliphatic rings. The van der Waals surface area contributed by atoms with Gasteiger partial charge in [-0.15, -0.1) is 0 Å². The smallest absolute Gasteiger partial charge is 0.227 e. The first-order valence-corrected chi connectivity index (χ1v) is 8.10. The van der Waals surface area contributed by atoms with Gasteiger partial charge in [0.25, 0.3) is 0 Å². The first-order chi connectivity index (χ1) is 10.2. The van der Waals surface area contributed by atoms with Crippen molar-refractivity contribution in [3.05, 3.63) is 30.1 Å². The molecule has 2 fully saturated rings. The molecule has 4 heteroatoms. The Labute approximate surface area is 126 Å². The zero-order valence-corrected chi connectivity index (χ0v) is 12.4. The summed E-state index contributed by atoms with van der Waals surface area (Å²) in [6.45, 7) is 0.500. The van der Waals surface area contributed by atoms with Gasteiger partial charge in [-0.3, -0.25) is 9.78 Å². The summed E-state index contributed by atoms with van der Waals surface area (Å²) in [4.78, 5) is 18.6. The SMILES string of the molecule is O=C(Cc1cccnc1)N1C[C@H](O)C[C@H]1C1CCCCC1. The fourth-order valence-electron chi connectivity index (χ4n) is 3.87. The molecule has 0 spiro atoms. The summed E-state index contributed by atoms with van der Waals surface area (Å²) in [6.07, 6.45) is 10.5. The molecule has 1 aliphatic heterocycles. The third-order valence-electron chi connectivity index (χ3n) is 4.91. The van der Waals surface area contributed by atoms with Crippen molar-refractivity contribution in [2.24, 2.45) is 5.92 Å². The summed E-state index contributed by atoms with van der Waals surface area (Å²) in [7, 11) is 0. The summed E-state index contributed by atoms with van der Waals surface area (Å²) < 4.78 is 0. The number of aromatic nitrogens is 1. The molecule has 1 saturated carbocycles. The van der Waals surface area contributed by atoms with Gasteiger partial charge in [-0.25, -0.2) is 0 Å². The molecule has 2 atom stereocenters. The lowest BCUT2D eigenvalue weighted by Crippen LogP contribution is -2.41. The molecule has 0 unspecified atom stereocenters. The van der Waals surface area contributed by atoms with Crippen molar-refractivity contribution in [1.29, 1.82) is 0 Å².